The molecule has 0 radical (unpaired) electrons. The summed E-state index contributed by atoms with van der Waals surface area (Å²) in [7, 11) is 1.69. The van der Waals surface area contributed by atoms with E-state index in [0.717, 1.165) is 11.3 Å². The SMILES string of the molecule is COCC(Nc1c(C)cc(Cl)nc1Cl)C(C)C. The van der Waals surface area contributed by atoms with Crippen LogP contribution in [-0.2, 0) is 4.74 Å². The van der Waals surface area contributed by atoms with E-state index in [1.165, 1.54) is 0 Å². The third-order valence-electron chi connectivity index (χ3n) is 2.62. The fourth-order valence-electron chi connectivity index (χ4n) is 1.53. The standard InChI is InChI=1S/C12H18Cl2N2O/c1-7(2)9(6-17-4)15-11-8(3)5-10(13)16-12(11)14/h5,7,9,15H,6H2,1-4H3. The summed E-state index contributed by atoms with van der Waals surface area (Å²) in [5, 5.41) is 4.17. The molecular formula is C12H18Cl2N2O. The van der Waals surface area contributed by atoms with Crippen molar-refractivity contribution >= 4 is 28.9 Å². The molecule has 0 fully saturated rings. The van der Waals surface area contributed by atoms with E-state index in [2.05, 4.69) is 24.1 Å². The minimum Gasteiger partial charge on any atom is -0.383 e. The van der Waals surface area contributed by atoms with Crippen LogP contribution in [0, 0.1) is 12.8 Å². The van der Waals surface area contributed by atoms with Crippen LogP contribution < -0.4 is 5.32 Å². The van der Waals surface area contributed by atoms with E-state index in [-0.39, 0.29) is 6.04 Å². The summed E-state index contributed by atoms with van der Waals surface area (Å²) in [6.45, 7) is 6.83. The molecule has 0 amide bonds. The van der Waals surface area contributed by atoms with Gasteiger partial charge in [-0.15, -0.1) is 0 Å². The molecule has 1 heterocycles. The molecule has 96 valence electrons. The normalized spacial score (nSPS) is 12.9. The van der Waals surface area contributed by atoms with Crippen LogP contribution in [0.2, 0.25) is 10.3 Å². The predicted octanol–water partition coefficient (Wildman–Crippen LogP) is 3.78. The molecule has 0 bridgehead atoms. The lowest BCUT2D eigenvalue weighted by molar-refractivity contribution is 0.171. The first-order valence-electron chi connectivity index (χ1n) is 5.53. The molecule has 0 aromatic carbocycles. The Hall–Kier alpha value is -0.510. The molecule has 5 heteroatoms. The third kappa shape index (κ3) is 4.02. The van der Waals surface area contributed by atoms with E-state index in [0.29, 0.717) is 22.8 Å². The largest absolute Gasteiger partial charge is 0.383 e. The monoisotopic (exact) mass is 276 g/mol. The molecule has 0 aliphatic rings. The van der Waals surface area contributed by atoms with Crippen LogP contribution in [0.15, 0.2) is 6.07 Å². The van der Waals surface area contributed by atoms with Crippen molar-refractivity contribution in [3.8, 4) is 0 Å². The van der Waals surface area contributed by atoms with Crippen molar-refractivity contribution in [1.29, 1.82) is 0 Å². The minimum atomic E-state index is 0.194. The van der Waals surface area contributed by atoms with Crippen molar-refractivity contribution in [1.82, 2.24) is 4.98 Å². The average molecular weight is 277 g/mol. The van der Waals surface area contributed by atoms with Crippen molar-refractivity contribution < 1.29 is 4.74 Å². The Kier molecular flexibility index (Phi) is 5.50. The number of halogens is 2. The van der Waals surface area contributed by atoms with Gasteiger partial charge in [-0.2, -0.15) is 0 Å². The van der Waals surface area contributed by atoms with Gasteiger partial charge < -0.3 is 10.1 Å². The quantitative estimate of drug-likeness (QED) is 0.832. The summed E-state index contributed by atoms with van der Waals surface area (Å²) in [5.41, 5.74) is 1.81. The van der Waals surface area contributed by atoms with Gasteiger partial charge in [0.1, 0.15) is 5.15 Å². The van der Waals surface area contributed by atoms with Crippen LogP contribution in [0.25, 0.3) is 0 Å². The summed E-state index contributed by atoms with van der Waals surface area (Å²) in [6, 6.07) is 1.99. The molecule has 1 atom stereocenters. The zero-order valence-electron chi connectivity index (χ0n) is 10.6. The van der Waals surface area contributed by atoms with Crippen molar-refractivity contribution in [3.63, 3.8) is 0 Å². The maximum absolute atomic E-state index is 6.08. The van der Waals surface area contributed by atoms with Gasteiger partial charge in [-0.3, -0.25) is 0 Å². The molecule has 17 heavy (non-hydrogen) atoms. The molecular weight excluding hydrogens is 259 g/mol. The molecule has 1 unspecified atom stereocenters. The number of nitrogens with one attached hydrogen (secondary N) is 1. The first-order chi connectivity index (χ1) is 7.95. The Morgan fingerprint density at radius 1 is 1.41 bits per heavy atom. The lowest BCUT2D eigenvalue weighted by Gasteiger charge is -2.24. The number of anilines is 1. The van der Waals surface area contributed by atoms with Gasteiger partial charge in [-0.1, -0.05) is 37.0 Å². The summed E-state index contributed by atoms with van der Waals surface area (Å²) in [4.78, 5) is 4.03. The summed E-state index contributed by atoms with van der Waals surface area (Å²) in [5.74, 6) is 0.432. The number of aromatic nitrogens is 1. The van der Waals surface area contributed by atoms with Crippen LogP contribution in [0.5, 0.6) is 0 Å². The molecule has 1 aromatic heterocycles. The molecule has 0 saturated heterocycles. The fraction of sp³-hybridized carbons (Fsp3) is 0.583. The van der Waals surface area contributed by atoms with Gasteiger partial charge in [0.15, 0.2) is 5.15 Å². The van der Waals surface area contributed by atoms with Crippen molar-refractivity contribution in [3.05, 3.63) is 21.9 Å². The molecule has 0 saturated carbocycles. The first kappa shape index (κ1) is 14.6. The summed E-state index contributed by atoms with van der Waals surface area (Å²) >= 11 is 11.9. The number of nitrogens with zero attached hydrogens (tertiary/aromatic N) is 1. The zero-order valence-corrected chi connectivity index (χ0v) is 12.1. The molecule has 0 aliphatic heterocycles. The highest BCUT2D eigenvalue weighted by Gasteiger charge is 2.16. The smallest absolute Gasteiger partial charge is 0.154 e. The number of ether oxygens (including phenoxy) is 1. The average Bonchev–Trinajstić information content (AvgIpc) is 2.21. The molecule has 0 spiro atoms. The van der Waals surface area contributed by atoms with Crippen LogP contribution in [-0.4, -0.2) is 24.7 Å². The maximum Gasteiger partial charge on any atom is 0.154 e. The second kappa shape index (κ2) is 6.43. The highest BCUT2D eigenvalue weighted by atomic mass is 35.5. The lowest BCUT2D eigenvalue weighted by atomic mass is 10.0. The minimum absolute atomic E-state index is 0.194. The Bertz CT molecular complexity index is 360. The van der Waals surface area contributed by atoms with Gasteiger partial charge in [0.05, 0.1) is 18.3 Å². The number of rotatable bonds is 5. The highest BCUT2D eigenvalue weighted by molar-refractivity contribution is 6.34. The number of methoxy groups -OCH3 is 1. The van der Waals surface area contributed by atoms with Crippen LogP contribution in [0.1, 0.15) is 19.4 Å². The number of hydrogen-bond donors (Lipinski definition) is 1. The fourth-order valence-corrected chi connectivity index (χ4v) is 2.12. The summed E-state index contributed by atoms with van der Waals surface area (Å²) < 4.78 is 5.19. The number of pyridine rings is 1. The Balaban J connectivity index is 2.93. The van der Waals surface area contributed by atoms with Crippen LogP contribution in [0.4, 0.5) is 5.69 Å². The van der Waals surface area contributed by atoms with E-state index in [9.17, 15) is 0 Å². The molecule has 1 aromatic rings. The highest BCUT2D eigenvalue weighted by Crippen LogP contribution is 2.27. The third-order valence-corrected chi connectivity index (χ3v) is 3.09. The van der Waals surface area contributed by atoms with Crippen LogP contribution in [0.3, 0.4) is 0 Å². The van der Waals surface area contributed by atoms with Gasteiger partial charge in [0.25, 0.3) is 0 Å². The van der Waals surface area contributed by atoms with E-state index in [1.807, 2.05) is 6.92 Å². The van der Waals surface area contributed by atoms with Crippen LogP contribution >= 0.6 is 23.2 Å². The number of hydrogen-bond acceptors (Lipinski definition) is 3. The molecule has 1 N–H and O–H groups in total. The predicted molar refractivity (Wildman–Crippen MR) is 73.1 cm³/mol. The van der Waals surface area contributed by atoms with Gasteiger partial charge in [0, 0.05) is 7.11 Å². The van der Waals surface area contributed by atoms with Crippen molar-refractivity contribution in [2.24, 2.45) is 5.92 Å². The van der Waals surface area contributed by atoms with Gasteiger partial charge in [0.2, 0.25) is 0 Å². The maximum atomic E-state index is 6.08. The second-order valence-corrected chi connectivity index (χ2v) is 5.12. The second-order valence-electron chi connectivity index (χ2n) is 4.38. The van der Waals surface area contributed by atoms with Gasteiger partial charge in [-0.05, 0) is 24.5 Å². The lowest BCUT2D eigenvalue weighted by Crippen LogP contribution is -2.31. The molecule has 1 rings (SSSR count). The van der Waals surface area contributed by atoms with Gasteiger partial charge >= 0.3 is 0 Å². The first-order valence-corrected chi connectivity index (χ1v) is 6.29. The number of aryl methyl sites for hydroxylation is 1. The Labute approximate surface area is 112 Å². The van der Waals surface area contributed by atoms with E-state index in [1.54, 1.807) is 13.2 Å². The van der Waals surface area contributed by atoms with E-state index in [4.69, 9.17) is 27.9 Å². The summed E-state index contributed by atoms with van der Waals surface area (Å²) in [6.07, 6.45) is 0. The van der Waals surface area contributed by atoms with Crippen molar-refractivity contribution in [2.75, 3.05) is 19.0 Å². The topological polar surface area (TPSA) is 34.1 Å². The molecule has 0 aliphatic carbocycles. The van der Waals surface area contributed by atoms with E-state index < -0.39 is 0 Å². The van der Waals surface area contributed by atoms with Crippen molar-refractivity contribution in [2.45, 2.75) is 26.8 Å². The molecule has 3 nitrogen and oxygen atoms in total. The van der Waals surface area contributed by atoms with Gasteiger partial charge in [-0.25, -0.2) is 4.98 Å². The zero-order chi connectivity index (χ0) is 13.0. The van der Waals surface area contributed by atoms with E-state index >= 15 is 0 Å². The Morgan fingerprint density at radius 3 is 2.53 bits per heavy atom. The Morgan fingerprint density at radius 2 is 2.06 bits per heavy atom.